The van der Waals surface area contributed by atoms with Crippen molar-refractivity contribution in [3.63, 3.8) is 0 Å². The van der Waals surface area contributed by atoms with Crippen LogP contribution in [-0.4, -0.2) is 20.9 Å². The molecule has 1 atom stereocenters. The first-order valence-electron chi connectivity index (χ1n) is 3.98. The first kappa shape index (κ1) is 9.73. The normalized spacial score (nSPS) is 12.8. The highest BCUT2D eigenvalue weighted by molar-refractivity contribution is 5.67. The smallest absolute Gasteiger partial charge is 0.305 e. The number of nitrogens with zero attached hydrogens (tertiary/aromatic N) is 2. The van der Waals surface area contributed by atoms with Gasteiger partial charge in [-0.25, -0.2) is 0 Å². The van der Waals surface area contributed by atoms with E-state index in [1.165, 1.54) is 0 Å². The van der Waals surface area contributed by atoms with Gasteiger partial charge >= 0.3 is 5.97 Å². The summed E-state index contributed by atoms with van der Waals surface area (Å²) < 4.78 is 1.63. The molecule has 1 aromatic rings. The number of hydrogen-bond acceptors (Lipinski definition) is 3. The van der Waals surface area contributed by atoms with Crippen molar-refractivity contribution in [2.24, 2.45) is 12.8 Å². The van der Waals surface area contributed by atoms with Crippen LogP contribution in [0.4, 0.5) is 0 Å². The molecule has 0 bridgehead atoms. The number of aliphatic carboxylic acids is 1. The van der Waals surface area contributed by atoms with Gasteiger partial charge in [0.25, 0.3) is 0 Å². The molecule has 1 aromatic heterocycles. The van der Waals surface area contributed by atoms with Crippen molar-refractivity contribution >= 4 is 5.97 Å². The summed E-state index contributed by atoms with van der Waals surface area (Å²) in [4.78, 5) is 10.4. The van der Waals surface area contributed by atoms with E-state index in [-0.39, 0.29) is 6.42 Å². The molecule has 0 aliphatic rings. The standard InChI is InChI=1S/C8H13N3O2/c1-5-4-11(2)10-8(5)6(9)3-7(12)13/h4,6H,3,9H2,1-2H3,(H,12,13). The van der Waals surface area contributed by atoms with Crippen LogP contribution in [0.5, 0.6) is 0 Å². The lowest BCUT2D eigenvalue weighted by molar-refractivity contribution is -0.137. The lowest BCUT2D eigenvalue weighted by Crippen LogP contribution is -2.16. The number of nitrogens with two attached hydrogens (primary N) is 1. The first-order valence-corrected chi connectivity index (χ1v) is 3.98. The highest BCUT2D eigenvalue weighted by Gasteiger charge is 2.15. The molecule has 0 amide bonds. The minimum Gasteiger partial charge on any atom is -0.481 e. The summed E-state index contributed by atoms with van der Waals surface area (Å²) in [6.07, 6.45) is 1.73. The Bertz CT molecular complexity index is 319. The Morgan fingerprint density at radius 3 is 2.85 bits per heavy atom. The number of carboxylic acid groups (broad SMARTS) is 1. The molecule has 1 heterocycles. The van der Waals surface area contributed by atoms with E-state index in [1.807, 2.05) is 13.1 Å². The molecule has 0 radical (unpaired) electrons. The predicted octanol–water partition coefficient (Wildman–Crippen LogP) is 0.203. The van der Waals surface area contributed by atoms with Gasteiger partial charge in [0.15, 0.2) is 0 Å². The van der Waals surface area contributed by atoms with E-state index in [0.717, 1.165) is 5.56 Å². The number of rotatable bonds is 3. The van der Waals surface area contributed by atoms with E-state index >= 15 is 0 Å². The Kier molecular flexibility index (Phi) is 2.67. The third-order valence-corrected chi connectivity index (χ3v) is 1.80. The highest BCUT2D eigenvalue weighted by atomic mass is 16.4. The van der Waals surface area contributed by atoms with Crippen LogP contribution in [0.2, 0.25) is 0 Å². The maximum Gasteiger partial charge on any atom is 0.305 e. The molecule has 1 unspecified atom stereocenters. The van der Waals surface area contributed by atoms with Gasteiger partial charge in [-0.2, -0.15) is 5.10 Å². The van der Waals surface area contributed by atoms with E-state index in [9.17, 15) is 4.79 Å². The maximum atomic E-state index is 10.4. The molecular weight excluding hydrogens is 170 g/mol. The second-order valence-corrected chi connectivity index (χ2v) is 3.08. The maximum absolute atomic E-state index is 10.4. The fourth-order valence-corrected chi connectivity index (χ4v) is 1.28. The summed E-state index contributed by atoms with van der Waals surface area (Å²) in [5.41, 5.74) is 7.24. The second-order valence-electron chi connectivity index (χ2n) is 3.08. The van der Waals surface area contributed by atoms with Crippen molar-refractivity contribution in [2.45, 2.75) is 19.4 Å². The Morgan fingerprint density at radius 1 is 1.85 bits per heavy atom. The Morgan fingerprint density at radius 2 is 2.46 bits per heavy atom. The third kappa shape index (κ3) is 2.29. The van der Waals surface area contributed by atoms with Crippen molar-refractivity contribution < 1.29 is 9.90 Å². The topological polar surface area (TPSA) is 81.1 Å². The summed E-state index contributed by atoms with van der Waals surface area (Å²) >= 11 is 0. The second kappa shape index (κ2) is 3.57. The monoisotopic (exact) mass is 183 g/mol. The summed E-state index contributed by atoms with van der Waals surface area (Å²) in [5, 5.41) is 12.6. The van der Waals surface area contributed by atoms with Crippen LogP contribution in [0.15, 0.2) is 6.20 Å². The SMILES string of the molecule is Cc1cn(C)nc1C(N)CC(=O)O. The van der Waals surface area contributed by atoms with Gasteiger partial charge in [0, 0.05) is 13.2 Å². The number of hydrogen-bond donors (Lipinski definition) is 2. The number of carbonyl (C=O) groups is 1. The lowest BCUT2D eigenvalue weighted by Gasteiger charge is -2.05. The molecule has 5 heteroatoms. The van der Waals surface area contributed by atoms with Crippen LogP contribution in [0.3, 0.4) is 0 Å². The average Bonchev–Trinajstić information content (AvgIpc) is 2.28. The Labute approximate surface area is 76.2 Å². The van der Waals surface area contributed by atoms with Crippen molar-refractivity contribution in [1.82, 2.24) is 9.78 Å². The summed E-state index contributed by atoms with van der Waals surface area (Å²) in [5.74, 6) is -0.905. The van der Waals surface area contributed by atoms with Gasteiger partial charge in [-0.05, 0) is 12.5 Å². The third-order valence-electron chi connectivity index (χ3n) is 1.80. The summed E-state index contributed by atoms with van der Waals surface area (Å²) in [6, 6.07) is -0.515. The molecule has 0 saturated heterocycles. The highest BCUT2D eigenvalue weighted by Crippen LogP contribution is 2.15. The van der Waals surface area contributed by atoms with Gasteiger partial charge in [-0.1, -0.05) is 0 Å². The fraction of sp³-hybridized carbons (Fsp3) is 0.500. The van der Waals surface area contributed by atoms with Crippen molar-refractivity contribution in [1.29, 1.82) is 0 Å². The zero-order valence-corrected chi connectivity index (χ0v) is 7.69. The molecule has 0 aliphatic carbocycles. The molecular formula is C8H13N3O2. The number of aromatic nitrogens is 2. The first-order chi connectivity index (χ1) is 6.00. The van der Waals surface area contributed by atoms with Crippen LogP contribution in [0, 0.1) is 6.92 Å². The fourth-order valence-electron chi connectivity index (χ4n) is 1.28. The van der Waals surface area contributed by atoms with E-state index in [4.69, 9.17) is 10.8 Å². The van der Waals surface area contributed by atoms with Crippen LogP contribution in [0.1, 0.15) is 23.7 Å². The van der Waals surface area contributed by atoms with Crippen LogP contribution in [-0.2, 0) is 11.8 Å². The van der Waals surface area contributed by atoms with Crippen molar-refractivity contribution in [2.75, 3.05) is 0 Å². The Hall–Kier alpha value is -1.36. The van der Waals surface area contributed by atoms with Crippen LogP contribution < -0.4 is 5.73 Å². The molecule has 5 nitrogen and oxygen atoms in total. The van der Waals surface area contributed by atoms with E-state index in [2.05, 4.69) is 5.10 Å². The van der Waals surface area contributed by atoms with E-state index < -0.39 is 12.0 Å². The molecule has 3 N–H and O–H groups in total. The quantitative estimate of drug-likeness (QED) is 0.701. The lowest BCUT2D eigenvalue weighted by atomic mass is 10.1. The molecule has 0 saturated carbocycles. The number of aryl methyl sites for hydroxylation is 2. The van der Waals surface area contributed by atoms with Gasteiger partial charge in [0.1, 0.15) is 0 Å². The molecule has 13 heavy (non-hydrogen) atoms. The molecule has 0 fully saturated rings. The summed E-state index contributed by atoms with van der Waals surface area (Å²) in [6.45, 7) is 1.87. The van der Waals surface area contributed by atoms with Crippen molar-refractivity contribution in [3.05, 3.63) is 17.5 Å². The van der Waals surface area contributed by atoms with Gasteiger partial charge in [-0.3, -0.25) is 9.48 Å². The van der Waals surface area contributed by atoms with Crippen LogP contribution >= 0.6 is 0 Å². The molecule has 1 rings (SSSR count). The van der Waals surface area contributed by atoms with Gasteiger partial charge < -0.3 is 10.8 Å². The van der Waals surface area contributed by atoms with Gasteiger partial charge in [0.2, 0.25) is 0 Å². The number of carboxylic acids is 1. The molecule has 0 aliphatic heterocycles. The van der Waals surface area contributed by atoms with E-state index in [0.29, 0.717) is 5.69 Å². The zero-order valence-electron chi connectivity index (χ0n) is 7.69. The Balaban J connectivity index is 2.81. The van der Waals surface area contributed by atoms with Gasteiger partial charge in [0.05, 0.1) is 18.2 Å². The van der Waals surface area contributed by atoms with E-state index in [1.54, 1.807) is 11.7 Å². The molecule has 0 spiro atoms. The summed E-state index contributed by atoms with van der Waals surface area (Å²) in [7, 11) is 1.78. The minimum atomic E-state index is -0.905. The molecule has 72 valence electrons. The average molecular weight is 183 g/mol. The van der Waals surface area contributed by atoms with Gasteiger partial charge in [-0.15, -0.1) is 0 Å². The minimum absolute atomic E-state index is 0.0855. The molecule has 0 aromatic carbocycles. The largest absolute Gasteiger partial charge is 0.481 e. The van der Waals surface area contributed by atoms with Crippen LogP contribution in [0.25, 0.3) is 0 Å². The zero-order chi connectivity index (χ0) is 10.0. The predicted molar refractivity (Wildman–Crippen MR) is 47.1 cm³/mol. The van der Waals surface area contributed by atoms with Crippen molar-refractivity contribution in [3.8, 4) is 0 Å².